The molecule has 1 aromatic carbocycles. The van der Waals surface area contributed by atoms with E-state index in [1.807, 2.05) is 30.3 Å². The molecule has 4 nitrogen and oxygen atoms in total. The maximum absolute atomic E-state index is 12.1. The average Bonchev–Trinajstić information content (AvgIpc) is 3.06. The normalized spacial score (nSPS) is 27.2. The third-order valence-electron chi connectivity index (χ3n) is 4.90. The lowest BCUT2D eigenvalue weighted by atomic mass is 9.98. The molecule has 0 radical (unpaired) electrons. The Balaban J connectivity index is 1.70. The first-order valence-electron chi connectivity index (χ1n) is 7.55. The lowest BCUT2D eigenvalue weighted by Crippen LogP contribution is -2.40. The monoisotopic (exact) mass is 273 g/mol. The van der Waals surface area contributed by atoms with Crippen molar-refractivity contribution in [2.45, 2.75) is 25.2 Å². The van der Waals surface area contributed by atoms with Gasteiger partial charge in [0.25, 0.3) is 0 Å². The Bertz CT molecular complexity index is 450. The summed E-state index contributed by atoms with van der Waals surface area (Å²) in [4.78, 5) is 14.5. The highest BCUT2D eigenvalue weighted by Crippen LogP contribution is 2.38. The van der Waals surface area contributed by atoms with Crippen LogP contribution in [0.25, 0.3) is 0 Å². The summed E-state index contributed by atoms with van der Waals surface area (Å²) in [6.07, 6.45) is 4.11. The molecule has 3 unspecified atom stereocenters. The number of carbonyl (C=O) groups is 1. The van der Waals surface area contributed by atoms with Crippen LogP contribution in [0.3, 0.4) is 0 Å². The van der Waals surface area contributed by atoms with Gasteiger partial charge in [-0.05, 0) is 30.2 Å². The second-order valence-electron chi connectivity index (χ2n) is 6.14. The van der Waals surface area contributed by atoms with E-state index in [2.05, 4.69) is 10.3 Å². The van der Waals surface area contributed by atoms with E-state index in [9.17, 15) is 4.79 Å². The second-order valence-corrected chi connectivity index (χ2v) is 6.14. The molecule has 0 spiro atoms. The molecule has 4 heteroatoms. The molecule has 2 fully saturated rings. The Morgan fingerprint density at radius 3 is 2.50 bits per heavy atom. The van der Waals surface area contributed by atoms with E-state index >= 15 is 0 Å². The van der Waals surface area contributed by atoms with E-state index < -0.39 is 0 Å². The van der Waals surface area contributed by atoms with Gasteiger partial charge in [-0.3, -0.25) is 10.2 Å². The van der Waals surface area contributed by atoms with E-state index in [0.29, 0.717) is 0 Å². The molecular weight excluding hydrogens is 250 g/mol. The fourth-order valence-electron chi connectivity index (χ4n) is 3.87. The van der Waals surface area contributed by atoms with Gasteiger partial charge >= 0.3 is 0 Å². The maximum Gasteiger partial charge on any atom is 0.242 e. The minimum Gasteiger partial charge on any atom is -0.302 e. The van der Waals surface area contributed by atoms with Crippen LogP contribution in [0.2, 0.25) is 0 Å². The van der Waals surface area contributed by atoms with E-state index in [-0.39, 0.29) is 11.8 Å². The molecule has 1 aromatic rings. The summed E-state index contributed by atoms with van der Waals surface area (Å²) < 4.78 is 0. The molecule has 0 bridgehead atoms. The lowest BCUT2D eigenvalue weighted by Gasteiger charge is -2.23. The first-order valence-corrected chi connectivity index (χ1v) is 7.55. The summed E-state index contributed by atoms with van der Waals surface area (Å²) in [7, 11) is 0. The summed E-state index contributed by atoms with van der Waals surface area (Å²) in [5, 5.41) is 0. The number of nitrogens with two attached hydrogens (primary N) is 1. The number of hydrazine groups is 1. The Labute approximate surface area is 120 Å². The lowest BCUT2D eigenvalue weighted by molar-refractivity contribution is -0.123. The van der Waals surface area contributed by atoms with Crippen LogP contribution < -0.4 is 11.3 Å². The summed E-state index contributed by atoms with van der Waals surface area (Å²) >= 11 is 0. The Morgan fingerprint density at radius 2 is 1.90 bits per heavy atom. The predicted octanol–water partition coefficient (Wildman–Crippen LogP) is 1.49. The quantitative estimate of drug-likeness (QED) is 0.496. The molecule has 1 aliphatic heterocycles. The van der Waals surface area contributed by atoms with E-state index in [1.165, 1.54) is 19.3 Å². The van der Waals surface area contributed by atoms with Crippen molar-refractivity contribution in [2.24, 2.45) is 17.7 Å². The van der Waals surface area contributed by atoms with Crippen molar-refractivity contribution < 1.29 is 4.79 Å². The van der Waals surface area contributed by atoms with E-state index in [4.69, 9.17) is 5.84 Å². The highest BCUT2D eigenvalue weighted by Gasteiger charge is 2.37. The molecule has 1 saturated carbocycles. The van der Waals surface area contributed by atoms with Crippen LogP contribution in [0, 0.1) is 11.8 Å². The average molecular weight is 273 g/mol. The van der Waals surface area contributed by atoms with Gasteiger partial charge in [0, 0.05) is 19.6 Å². The number of benzene rings is 1. The predicted molar refractivity (Wildman–Crippen MR) is 78.8 cm³/mol. The van der Waals surface area contributed by atoms with Crippen LogP contribution in [0.15, 0.2) is 30.3 Å². The molecule has 1 amide bonds. The third-order valence-corrected chi connectivity index (χ3v) is 4.90. The van der Waals surface area contributed by atoms with Crippen LogP contribution in [0.4, 0.5) is 0 Å². The van der Waals surface area contributed by atoms with Gasteiger partial charge in [0.15, 0.2) is 0 Å². The first-order chi connectivity index (χ1) is 9.78. The van der Waals surface area contributed by atoms with Crippen molar-refractivity contribution in [1.82, 2.24) is 10.3 Å². The zero-order chi connectivity index (χ0) is 13.9. The van der Waals surface area contributed by atoms with Gasteiger partial charge in [-0.2, -0.15) is 0 Å². The van der Waals surface area contributed by atoms with Crippen molar-refractivity contribution in [3.05, 3.63) is 35.9 Å². The highest BCUT2D eigenvalue weighted by atomic mass is 16.2. The molecule has 3 N–H and O–H groups in total. The fraction of sp³-hybridized carbons (Fsp3) is 0.562. The Morgan fingerprint density at radius 1 is 1.25 bits per heavy atom. The van der Waals surface area contributed by atoms with Crippen LogP contribution in [-0.2, 0) is 4.79 Å². The number of hydrogen-bond acceptors (Lipinski definition) is 3. The molecule has 1 aliphatic carbocycles. The van der Waals surface area contributed by atoms with Crippen molar-refractivity contribution in [2.75, 3.05) is 19.6 Å². The number of nitrogens with zero attached hydrogens (tertiary/aromatic N) is 1. The molecule has 0 aromatic heterocycles. The van der Waals surface area contributed by atoms with Crippen molar-refractivity contribution in [3.63, 3.8) is 0 Å². The maximum atomic E-state index is 12.1. The summed E-state index contributed by atoms with van der Waals surface area (Å²) in [5.74, 6) is 6.81. The number of fused-ring (bicyclic) bond motifs is 1. The van der Waals surface area contributed by atoms with Gasteiger partial charge < -0.3 is 4.90 Å². The number of nitrogens with one attached hydrogen (secondary N) is 1. The van der Waals surface area contributed by atoms with Gasteiger partial charge in [0.05, 0.1) is 5.92 Å². The molecular formula is C16H23N3O. The summed E-state index contributed by atoms with van der Waals surface area (Å²) in [6, 6.07) is 9.95. The van der Waals surface area contributed by atoms with E-state index in [0.717, 1.165) is 37.0 Å². The topological polar surface area (TPSA) is 58.4 Å². The summed E-state index contributed by atoms with van der Waals surface area (Å²) in [5.41, 5.74) is 3.37. The van der Waals surface area contributed by atoms with Gasteiger partial charge in [0.1, 0.15) is 0 Å². The molecule has 108 valence electrons. The SMILES string of the molecule is NNC(=O)C(CN1CC2CCCC2C1)c1ccccc1. The minimum absolute atomic E-state index is 0.0896. The Hall–Kier alpha value is -1.39. The van der Waals surface area contributed by atoms with Gasteiger partial charge in [0.2, 0.25) is 5.91 Å². The number of likely N-dealkylation sites (tertiary alicyclic amines) is 1. The van der Waals surface area contributed by atoms with Crippen molar-refractivity contribution in [3.8, 4) is 0 Å². The molecule has 1 saturated heterocycles. The second kappa shape index (κ2) is 5.94. The molecule has 1 heterocycles. The van der Waals surface area contributed by atoms with Crippen LogP contribution in [-0.4, -0.2) is 30.4 Å². The van der Waals surface area contributed by atoms with Crippen LogP contribution >= 0.6 is 0 Å². The van der Waals surface area contributed by atoms with Gasteiger partial charge in [-0.1, -0.05) is 36.8 Å². The van der Waals surface area contributed by atoms with Crippen molar-refractivity contribution >= 4 is 5.91 Å². The summed E-state index contributed by atoms with van der Waals surface area (Å²) in [6.45, 7) is 3.07. The number of rotatable bonds is 4. The third kappa shape index (κ3) is 2.72. The highest BCUT2D eigenvalue weighted by molar-refractivity contribution is 5.83. The van der Waals surface area contributed by atoms with Gasteiger partial charge in [-0.15, -0.1) is 0 Å². The smallest absolute Gasteiger partial charge is 0.242 e. The van der Waals surface area contributed by atoms with Crippen LogP contribution in [0.1, 0.15) is 30.7 Å². The number of carbonyl (C=O) groups excluding carboxylic acids is 1. The largest absolute Gasteiger partial charge is 0.302 e. The zero-order valence-corrected chi connectivity index (χ0v) is 11.8. The zero-order valence-electron chi connectivity index (χ0n) is 11.8. The number of amides is 1. The standard InChI is InChI=1S/C16H23N3O/c17-18-16(20)15(12-5-2-1-3-6-12)11-19-9-13-7-4-8-14(13)10-19/h1-3,5-6,13-15H,4,7-11,17H2,(H,18,20). The first kappa shape index (κ1) is 13.6. The van der Waals surface area contributed by atoms with Crippen LogP contribution in [0.5, 0.6) is 0 Å². The van der Waals surface area contributed by atoms with Crippen molar-refractivity contribution in [1.29, 1.82) is 0 Å². The van der Waals surface area contributed by atoms with Gasteiger partial charge in [-0.25, -0.2) is 5.84 Å². The molecule has 20 heavy (non-hydrogen) atoms. The molecule has 3 rings (SSSR count). The Kier molecular flexibility index (Phi) is 4.03. The fourth-order valence-corrected chi connectivity index (χ4v) is 3.87. The van der Waals surface area contributed by atoms with E-state index in [1.54, 1.807) is 0 Å². The number of hydrogen-bond donors (Lipinski definition) is 2. The molecule has 3 atom stereocenters. The minimum atomic E-state index is -0.167. The molecule has 2 aliphatic rings.